The first-order valence-electron chi connectivity index (χ1n) is 6.83. The molecule has 1 aromatic carbocycles. The van der Waals surface area contributed by atoms with Crippen LogP contribution < -0.4 is 5.32 Å². The van der Waals surface area contributed by atoms with E-state index in [2.05, 4.69) is 14.9 Å². The molecule has 0 radical (unpaired) electrons. The van der Waals surface area contributed by atoms with E-state index in [4.69, 9.17) is 16.3 Å². The largest absolute Gasteiger partial charge is 0.459 e. The highest BCUT2D eigenvalue weighted by Crippen LogP contribution is 2.18. The number of esters is 1. The average molecular weight is 376 g/mol. The molecule has 2 rings (SSSR count). The lowest BCUT2D eigenvalue weighted by molar-refractivity contribution is -0.145. The van der Waals surface area contributed by atoms with E-state index in [1.165, 1.54) is 0 Å². The molecule has 0 saturated heterocycles. The van der Waals surface area contributed by atoms with Crippen molar-refractivity contribution in [2.45, 2.75) is 19.4 Å². The molecule has 1 aromatic heterocycles. The van der Waals surface area contributed by atoms with E-state index in [1.54, 1.807) is 0 Å². The number of carbonyl (C=O) groups excluding carboxylic acids is 2. The third-order valence-electron chi connectivity index (χ3n) is 2.90. The van der Waals surface area contributed by atoms with E-state index < -0.39 is 23.5 Å². The van der Waals surface area contributed by atoms with Crippen LogP contribution in [0, 0.1) is 11.6 Å². The van der Waals surface area contributed by atoms with Gasteiger partial charge in [0.2, 0.25) is 0 Å². The fourth-order valence-electron chi connectivity index (χ4n) is 1.71. The summed E-state index contributed by atoms with van der Waals surface area (Å²) in [4.78, 5) is 23.3. The number of rotatable bonds is 7. The van der Waals surface area contributed by atoms with Gasteiger partial charge in [-0.15, -0.1) is 5.10 Å². The quantitative estimate of drug-likeness (QED) is 0.594. The monoisotopic (exact) mass is 375 g/mol. The van der Waals surface area contributed by atoms with Crippen molar-refractivity contribution in [1.82, 2.24) is 14.9 Å². The van der Waals surface area contributed by atoms with E-state index in [9.17, 15) is 18.4 Å². The highest BCUT2D eigenvalue weighted by atomic mass is 35.5. The van der Waals surface area contributed by atoms with Crippen LogP contribution in [-0.2, 0) is 16.1 Å². The molecule has 1 N–H and O–H groups in total. The Labute approximate surface area is 144 Å². The highest BCUT2D eigenvalue weighted by Gasteiger charge is 2.13. The number of halogens is 3. The summed E-state index contributed by atoms with van der Waals surface area (Å²) in [6, 6.07) is 2.68. The first-order valence-corrected chi connectivity index (χ1v) is 7.98. The number of aromatic nitrogens is 2. The summed E-state index contributed by atoms with van der Waals surface area (Å²) >= 11 is 6.76. The zero-order valence-electron chi connectivity index (χ0n) is 12.2. The SMILES string of the molecule is O=C(CCCNC(=O)c1ccc(F)cc1F)OCc1nnsc1Cl. The van der Waals surface area contributed by atoms with Gasteiger partial charge in [0.15, 0.2) is 0 Å². The van der Waals surface area contributed by atoms with Crippen LogP contribution in [0.4, 0.5) is 8.78 Å². The lowest BCUT2D eigenvalue weighted by Crippen LogP contribution is -2.26. The molecule has 128 valence electrons. The van der Waals surface area contributed by atoms with Gasteiger partial charge in [0.1, 0.15) is 28.3 Å². The topological polar surface area (TPSA) is 81.2 Å². The molecule has 10 heteroatoms. The number of ether oxygens (including phenoxy) is 1. The molecular formula is C14H12ClF2N3O3S. The normalized spacial score (nSPS) is 10.5. The first kappa shape index (κ1) is 18.2. The molecule has 6 nitrogen and oxygen atoms in total. The zero-order valence-corrected chi connectivity index (χ0v) is 13.8. The Morgan fingerprint density at radius 3 is 2.79 bits per heavy atom. The summed E-state index contributed by atoms with van der Waals surface area (Å²) in [6.45, 7) is 0.0745. The van der Waals surface area contributed by atoms with Crippen molar-refractivity contribution in [3.63, 3.8) is 0 Å². The van der Waals surface area contributed by atoms with Crippen LogP contribution in [0.2, 0.25) is 4.34 Å². The fraction of sp³-hybridized carbons (Fsp3) is 0.286. The van der Waals surface area contributed by atoms with Crippen molar-refractivity contribution in [1.29, 1.82) is 0 Å². The minimum atomic E-state index is -0.944. The highest BCUT2D eigenvalue weighted by molar-refractivity contribution is 7.10. The number of nitrogens with one attached hydrogen (secondary N) is 1. The maximum absolute atomic E-state index is 13.4. The standard InChI is InChI=1S/C14H12ClF2N3O3S/c15-13-11(19-20-24-13)7-23-12(21)2-1-5-18-14(22)9-4-3-8(16)6-10(9)17/h3-4,6H,1-2,5,7H2,(H,18,22). The predicted molar refractivity (Wildman–Crippen MR) is 82.6 cm³/mol. The summed E-state index contributed by atoms with van der Waals surface area (Å²) in [5, 5.41) is 6.14. The molecule has 0 saturated carbocycles. The lowest BCUT2D eigenvalue weighted by Gasteiger charge is -2.06. The number of hydrogen-bond acceptors (Lipinski definition) is 6. The molecular weight excluding hydrogens is 364 g/mol. The molecule has 0 unspecified atom stereocenters. The van der Waals surface area contributed by atoms with Crippen LogP contribution in [-0.4, -0.2) is 28.0 Å². The van der Waals surface area contributed by atoms with Gasteiger partial charge in [-0.05, 0) is 18.6 Å². The Kier molecular flexibility index (Phi) is 6.56. The molecule has 0 bridgehead atoms. The van der Waals surface area contributed by atoms with Gasteiger partial charge in [-0.1, -0.05) is 16.1 Å². The van der Waals surface area contributed by atoms with Crippen LogP contribution >= 0.6 is 23.1 Å². The minimum absolute atomic E-state index is 0.0569. The van der Waals surface area contributed by atoms with Crippen LogP contribution in [0.15, 0.2) is 18.2 Å². The number of hydrogen-bond donors (Lipinski definition) is 1. The van der Waals surface area contributed by atoms with Crippen molar-refractivity contribution in [2.24, 2.45) is 0 Å². The summed E-state index contributed by atoms with van der Waals surface area (Å²) < 4.78 is 35.1. The van der Waals surface area contributed by atoms with Gasteiger partial charge in [0.05, 0.1) is 5.56 Å². The van der Waals surface area contributed by atoms with Crippen molar-refractivity contribution in [2.75, 3.05) is 6.54 Å². The van der Waals surface area contributed by atoms with Crippen molar-refractivity contribution in [3.05, 3.63) is 45.4 Å². The van der Waals surface area contributed by atoms with Crippen molar-refractivity contribution in [3.8, 4) is 0 Å². The van der Waals surface area contributed by atoms with Crippen molar-refractivity contribution >= 4 is 35.0 Å². The fourth-order valence-corrected chi connectivity index (χ4v) is 2.31. The average Bonchev–Trinajstić information content (AvgIpc) is 2.94. The molecule has 0 atom stereocenters. The molecule has 0 aliphatic carbocycles. The van der Waals surface area contributed by atoms with Crippen LogP contribution in [0.25, 0.3) is 0 Å². The predicted octanol–water partition coefficient (Wildman–Crippen LogP) is 2.72. The molecule has 0 fully saturated rings. The van der Waals surface area contributed by atoms with Gasteiger partial charge in [0, 0.05) is 30.6 Å². The van der Waals surface area contributed by atoms with E-state index in [0.717, 1.165) is 23.7 Å². The second-order valence-corrected chi connectivity index (χ2v) is 5.99. The maximum atomic E-state index is 13.4. The van der Waals surface area contributed by atoms with Crippen molar-refractivity contribution < 1.29 is 23.1 Å². The maximum Gasteiger partial charge on any atom is 0.306 e. The van der Waals surface area contributed by atoms with Crippen LogP contribution in [0.1, 0.15) is 28.9 Å². The van der Waals surface area contributed by atoms with Gasteiger partial charge >= 0.3 is 5.97 Å². The Bertz CT molecular complexity index is 742. The van der Waals surface area contributed by atoms with Gasteiger partial charge in [-0.25, -0.2) is 8.78 Å². The number of nitrogens with zero attached hydrogens (tertiary/aromatic N) is 2. The summed E-state index contributed by atoms with van der Waals surface area (Å²) in [5.74, 6) is -2.87. The smallest absolute Gasteiger partial charge is 0.306 e. The van der Waals surface area contributed by atoms with Crippen LogP contribution in [0.3, 0.4) is 0 Å². The third-order valence-corrected chi connectivity index (χ3v) is 3.88. The Balaban J connectivity index is 1.67. The number of carbonyl (C=O) groups is 2. The molecule has 2 aromatic rings. The van der Waals surface area contributed by atoms with Gasteiger partial charge < -0.3 is 10.1 Å². The Hall–Kier alpha value is -2.13. The van der Waals surface area contributed by atoms with E-state index in [-0.39, 0.29) is 25.1 Å². The zero-order chi connectivity index (χ0) is 17.5. The summed E-state index contributed by atoms with van der Waals surface area (Å²) in [7, 11) is 0. The van der Waals surface area contributed by atoms with Gasteiger partial charge in [0.25, 0.3) is 5.91 Å². The molecule has 1 heterocycles. The first-order chi connectivity index (χ1) is 11.5. The van der Waals surface area contributed by atoms with E-state index >= 15 is 0 Å². The van der Waals surface area contributed by atoms with Gasteiger partial charge in [-0.2, -0.15) is 0 Å². The Morgan fingerprint density at radius 1 is 1.33 bits per heavy atom. The number of benzene rings is 1. The van der Waals surface area contributed by atoms with Crippen LogP contribution in [0.5, 0.6) is 0 Å². The second-order valence-electron chi connectivity index (χ2n) is 4.64. The molecule has 0 aliphatic heterocycles. The molecule has 0 spiro atoms. The van der Waals surface area contributed by atoms with Gasteiger partial charge in [-0.3, -0.25) is 9.59 Å². The molecule has 1 amide bonds. The third kappa shape index (κ3) is 5.20. The minimum Gasteiger partial charge on any atom is -0.459 e. The van der Waals surface area contributed by atoms with E-state index in [0.29, 0.717) is 22.5 Å². The summed E-state index contributed by atoms with van der Waals surface area (Å²) in [6.07, 6.45) is 0.359. The summed E-state index contributed by atoms with van der Waals surface area (Å²) in [5.41, 5.74) is 0.125. The second kappa shape index (κ2) is 8.65. The number of amides is 1. The molecule has 24 heavy (non-hydrogen) atoms. The van der Waals surface area contributed by atoms with E-state index in [1.807, 2.05) is 0 Å². The molecule has 0 aliphatic rings. The lowest BCUT2D eigenvalue weighted by atomic mass is 10.2. The Morgan fingerprint density at radius 2 is 2.12 bits per heavy atom.